The fourth-order valence-corrected chi connectivity index (χ4v) is 1.61. The van der Waals surface area contributed by atoms with E-state index in [-0.39, 0.29) is 0 Å². The lowest BCUT2D eigenvalue weighted by Crippen LogP contribution is -2.14. The summed E-state index contributed by atoms with van der Waals surface area (Å²) in [6.45, 7) is 4.58. The molecule has 6 heteroatoms. The van der Waals surface area contributed by atoms with E-state index < -0.39 is 0 Å². The van der Waals surface area contributed by atoms with Gasteiger partial charge in [-0.25, -0.2) is 15.8 Å². The predicted molar refractivity (Wildman–Crippen MR) is 70.0 cm³/mol. The van der Waals surface area contributed by atoms with Gasteiger partial charge in [0, 0.05) is 24.1 Å². The Balaban J connectivity index is 2.20. The minimum atomic E-state index is 0.650. The van der Waals surface area contributed by atoms with Crippen molar-refractivity contribution in [2.24, 2.45) is 5.84 Å². The van der Waals surface area contributed by atoms with Gasteiger partial charge in [0.2, 0.25) is 0 Å². The maximum Gasteiger partial charge on any atom is 0.148 e. The van der Waals surface area contributed by atoms with Gasteiger partial charge in [0.1, 0.15) is 17.5 Å². The Bertz CT molecular complexity index is 509. The summed E-state index contributed by atoms with van der Waals surface area (Å²) in [6, 6.07) is 1.91. The highest BCUT2D eigenvalue weighted by molar-refractivity contribution is 5.56. The Morgan fingerprint density at radius 1 is 1.33 bits per heavy atom. The van der Waals surface area contributed by atoms with Gasteiger partial charge >= 0.3 is 0 Å². The summed E-state index contributed by atoms with van der Waals surface area (Å²) >= 11 is 0. The third kappa shape index (κ3) is 2.60. The van der Waals surface area contributed by atoms with Crippen LogP contribution in [0.5, 0.6) is 0 Å². The Labute approximate surface area is 106 Å². The summed E-state index contributed by atoms with van der Waals surface area (Å²) in [5.41, 5.74) is 4.56. The zero-order chi connectivity index (χ0) is 13.0. The van der Waals surface area contributed by atoms with Crippen molar-refractivity contribution in [3.05, 3.63) is 35.5 Å². The molecule has 0 bridgehead atoms. The second-order valence-electron chi connectivity index (χ2n) is 3.95. The lowest BCUT2D eigenvalue weighted by molar-refractivity contribution is 0.564. The van der Waals surface area contributed by atoms with Gasteiger partial charge < -0.3 is 15.2 Å². The predicted octanol–water partition coefficient (Wildman–Crippen LogP) is 1.84. The Hall–Kier alpha value is -2.08. The van der Waals surface area contributed by atoms with Crippen molar-refractivity contribution in [3.8, 4) is 0 Å². The van der Waals surface area contributed by atoms with Crippen molar-refractivity contribution in [1.29, 1.82) is 0 Å². The van der Waals surface area contributed by atoms with E-state index in [0.717, 1.165) is 29.2 Å². The largest absolute Gasteiger partial charge is 0.472 e. The minimum Gasteiger partial charge on any atom is -0.472 e. The molecule has 0 amide bonds. The molecular weight excluding hydrogens is 230 g/mol. The molecule has 0 aromatic carbocycles. The molecule has 0 unspecified atom stereocenters. The zero-order valence-corrected chi connectivity index (χ0v) is 10.5. The van der Waals surface area contributed by atoms with Gasteiger partial charge in [-0.1, -0.05) is 6.92 Å². The zero-order valence-electron chi connectivity index (χ0n) is 10.5. The van der Waals surface area contributed by atoms with E-state index >= 15 is 0 Å². The number of hydrogen-bond donors (Lipinski definition) is 3. The normalized spacial score (nSPS) is 10.4. The lowest BCUT2D eigenvalue weighted by Gasteiger charge is -2.12. The minimum absolute atomic E-state index is 0.650. The molecule has 0 saturated heterocycles. The van der Waals surface area contributed by atoms with E-state index in [1.165, 1.54) is 0 Å². The van der Waals surface area contributed by atoms with Crippen molar-refractivity contribution in [3.63, 3.8) is 0 Å². The van der Waals surface area contributed by atoms with Gasteiger partial charge in [-0.2, -0.15) is 0 Å². The molecule has 4 N–H and O–H groups in total. The van der Waals surface area contributed by atoms with E-state index in [2.05, 4.69) is 20.7 Å². The number of nitrogens with two attached hydrogens (primary N) is 1. The third-order valence-corrected chi connectivity index (χ3v) is 2.69. The first-order valence-electron chi connectivity index (χ1n) is 5.83. The molecule has 0 aliphatic rings. The molecule has 18 heavy (non-hydrogen) atoms. The topological polar surface area (TPSA) is 89.0 Å². The van der Waals surface area contributed by atoms with Crippen LogP contribution in [0.2, 0.25) is 0 Å². The van der Waals surface area contributed by atoms with E-state index in [0.29, 0.717) is 12.4 Å². The summed E-state index contributed by atoms with van der Waals surface area (Å²) in [6.07, 6.45) is 4.11. The molecule has 0 fully saturated rings. The van der Waals surface area contributed by atoms with E-state index in [1.807, 2.05) is 19.9 Å². The van der Waals surface area contributed by atoms with Crippen molar-refractivity contribution >= 4 is 11.6 Å². The number of anilines is 2. The second kappa shape index (κ2) is 5.50. The van der Waals surface area contributed by atoms with Crippen LogP contribution in [-0.4, -0.2) is 9.97 Å². The van der Waals surface area contributed by atoms with E-state index in [4.69, 9.17) is 10.3 Å². The van der Waals surface area contributed by atoms with Gasteiger partial charge in [-0.3, -0.25) is 0 Å². The highest BCUT2D eigenvalue weighted by Crippen LogP contribution is 2.20. The number of nitrogens with zero attached hydrogens (tertiary/aromatic N) is 2. The molecular formula is C12H17N5O. The summed E-state index contributed by atoms with van der Waals surface area (Å²) in [4.78, 5) is 8.76. The van der Waals surface area contributed by atoms with Gasteiger partial charge in [-0.15, -0.1) is 0 Å². The smallest absolute Gasteiger partial charge is 0.148 e. The molecule has 2 heterocycles. The molecule has 96 valence electrons. The molecule has 0 radical (unpaired) electrons. The standard InChI is InChI=1S/C12H17N5O/c1-3-10-15-11(8(2)12(16-10)17-13)14-6-9-4-5-18-7-9/h4-5,7H,3,6,13H2,1-2H3,(H2,14,15,16,17). The molecule has 0 aliphatic heterocycles. The molecule has 0 atom stereocenters. The first-order chi connectivity index (χ1) is 8.74. The summed E-state index contributed by atoms with van der Waals surface area (Å²) in [5.74, 6) is 7.64. The fourth-order valence-electron chi connectivity index (χ4n) is 1.61. The second-order valence-corrected chi connectivity index (χ2v) is 3.95. The van der Waals surface area contributed by atoms with Crippen LogP contribution in [0, 0.1) is 6.92 Å². The van der Waals surface area contributed by atoms with E-state index in [9.17, 15) is 0 Å². The summed E-state index contributed by atoms with van der Waals surface area (Å²) < 4.78 is 5.02. The molecule has 0 spiro atoms. The van der Waals surface area contributed by atoms with Gasteiger partial charge in [0.25, 0.3) is 0 Å². The van der Waals surface area contributed by atoms with Crippen LogP contribution >= 0.6 is 0 Å². The maximum absolute atomic E-state index is 5.45. The first kappa shape index (κ1) is 12.4. The van der Waals surface area contributed by atoms with Crippen LogP contribution in [0.1, 0.15) is 23.9 Å². The average Bonchev–Trinajstić information content (AvgIpc) is 2.90. The molecule has 0 aliphatic carbocycles. The molecule has 2 rings (SSSR count). The molecule has 2 aromatic rings. The third-order valence-electron chi connectivity index (χ3n) is 2.69. The van der Waals surface area contributed by atoms with Gasteiger partial charge in [-0.05, 0) is 13.0 Å². The monoisotopic (exact) mass is 247 g/mol. The number of aromatic nitrogens is 2. The van der Waals surface area contributed by atoms with Gasteiger partial charge in [0.15, 0.2) is 0 Å². The number of hydrazine groups is 1. The molecule has 0 saturated carbocycles. The van der Waals surface area contributed by atoms with Crippen LogP contribution < -0.4 is 16.6 Å². The average molecular weight is 247 g/mol. The van der Waals surface area contributed by atoms with Crippen molar-refractivity contribution in [2.45, 2.75) is 26.8 Å². The van der Waals surface area contributed by atoms with Crippen LogP contribution in [0.4, 0.5) is 11.6 Å². The molecule has 2 aromatic heterocycles. The SMILES string of the molecule is CCc1nc(NN)c(C)c(NCc2ccoc2)n1. The number of furan rings is 1. The van der Waals surface area contributed by atoms with Crippen molar-refractivity contribution in [1.82, 2.24) is 9.97 Å². The highest BCUT2D eigenvalue weighted by Gasteiger charge is 2.09. The Morgan fingerprint density at radius 3 is 2.72 bits per heavy atom. The fraction of sp³-hybridized carbons (Fsp3) is 0.333. The van der Waals surface area contributed by atoms with Crippen LogP contribution in [0.15, 0.2) is 23.0 Å². The van der Waals surface area contributed by atoms with Crippen LogP contribution in [0.3, 0.4) is 0 Å². The van der Waals surface area contributed by atoms with Crippen molar-refractivity contribution < 1.29 is 4.42 Å². The van der Waals surface area contributed by atoms with E-state index in [1.54, 1.807) is 12.5 Å². The van der Waals surface area contributed by atoms with Crippen molar-refractivity contribution in [2.75, 3.05) is 10.7 Å². The van der Waals surface area contributed by atoms with Gasteiger partial charge in [0.05, 0.1) is 12.5 Å². The first-order valence-corrected chi connectivity index (χ1v) is 5.83. The maximum atomic E-state index is 5.45. The summed E-state index contributed by atoms with van der Waals surface area (Å²) in [7, 11) is 0. The van der Waals surface area contributed by atoms with Crippen LogP contribution in [-0.2, 0) is 13.0 Å². The summed E-state index contributed by atoms with van der Waals surface area (Å²) in [5, 5.41) is 3.26. The Morgan fingerprint density at radius 2 is 2.11 bits per heavy atom. The molecule has 6 nitrogen and oxygen atoms in total. The number of nitrogen functional groups attached to an aromatic ring is 1. The van der Waals surface area contributed by atoms with Crippen LogP contribution in [0.25, 0.3) is 0 Å². The lowest BCUT2D eigenvalue weighted by atomic mass is 10.2. The number of rotatable bonds is 5. The highest BCUT2D eigenvalue weighted by atomic mass is 16.3. The number of aryl methyl sites for hydroxylation is 1. The quantitative estimate of drug-likeness (QED) is 0.552. The number of hydrogen-bond acceptors (Lipinski definition) is 6. The Kier molecular flexibility index (Phi) is 3.78. The number of nitrogens with one attached hydrogen (secondary N) is 2.